The van der Waals surface area contributed by atoms with Crippen molar-refractivity contribution in [3.05, 3.63) is 83.2 Å². The van der Waals surface area contributed by atoms with E-state index in [0.717, 1.165) is 22.3 Å². The maximum Gasteiger partial charge on any atom is 0.258 e. The first-order valence-electron chi connectivity index (χ1n) is 9.42. The van der Waals surface area contributed by atoms with E-state index in [4.69, 9.17) is 4.52 Å². The molecule has 6 heteroatoms. The molecular formula is C24H19FN2O3. The molecule has 0 amide bonds. The molecule has 1 aromatic heterocycles. The molecule has 30 heavy (non-hydrogen) atoms. The minimum Gasteiger partial charge on any atom is -0.392 e. The lowest BCUT2D eigenvalue weighted by Crippen LogP contribution is -1.97. The highest BCUT2D eigenvalue weighted by atomic mass is 19.1. The van der Waals surface area contributed by atoms with Crippen LogP contribution in [0.4, 0.5) is 4.39 Å². The quantitative estimate of drug-likeness (QED) is 0.464. The summed E-state index contributed by atoms with van der Waals surface area (Å²) < 4.78 is 19.5. The van der Waals surface area contributed by atoms with Crippen LogP contribution in [-0.2, 0) is 6.61 Å². The topological polar surface area (TPSA) is 76.2 Å². The van der Waals surface area contributed by atoms with E-state index in [1.807, 2.05) is 43.3 Å². The molecule has 4 aromatic rings. The van der Waals surface area contributed by atoms with Gasteiger partial charge in [-0.3, -0.25) is 4.79 Å². The highest BCUT2D eigenvalue weighted by Gasteiger charge is 2.16. The minimum absolute atomic E-state index is 0.0156. The molecule has 3 aromatic carbocycles. The third-order valence-electron chi connectivity index (χ3n) is 4.99. The third-order valence-corrected chi connectivity index (χ3v) is 4.99. The maximum absolute atomic E-state index is 14.1. The van der Waals surface area contributed by atoms with Crippen LogP contribution in [0, 0.1) is 12.7 Å². The van der Waals surface area contributed by atoms with E-state index in [-0.39, 0.29) is 29.7 Å². The van der Waals surface area contributed by atoms with Gasteiger partial charge in [-0.05, 0) is 60.4 Å². The van der Waals surface area contributed by atoms with Gasteiger partial charge in [0.2, 0.25) is 5.82 Å². The van der Waals surface area contributed by atoms with Crippen molar-refractivity contribution >= 4 is 5.78 Å². The van der Waals surface area contributed by atoms with Gasteiger partial charge in [-0.1, -0.05) is 41.6 Å². The molecule has 0 aliphatic heterocycles. The number of halogens is 1. The summed E-state index contributed by atoms with van der Waals surface area (Å²) >= 11 is 0. The van der Waals surface area contributed by atoms with Crippen LogP contribution < -0.4 is 0 Å². The van der Waals surface area contributed by atoms with Gasteiger partial charge >= 0.3 is 0 Å². The molecule has 0 aliphatic carbocycles. The number of Topliss-reactive ketones (excluding diaryl/α,β-unsaturated/α-hetero) is 1. The summed E-state index contributed by atoms with van der Waals surface area (Å²) in [5.74, 6) is -0.505. The Hall–Kier alpha value is -3.64. The van der Waals surface area contributed by atoms with E-state index in [0.29, 0.717) is 11.1 Å². The Kier molecular flexibility index (Phi) is 5.25. The number of nitrogens with zero attached hydrogens (tertiary/aromatic N) is 2. The summed E-state index contributed by atoms with van der Waals surface area (Å²) in [6, 6.07) is 17.7. The smallest absolute Gasteiger partial charge is 0.258 e. The number of hydrogen-bond acceptors (Lipinski definition) is 5. The fourth-order valence-electron chi connectivity index (χ4n) is 3.39. The first-order valence-corrected chi connectivity index (χ1v) is 9.42. The Balaban J connectivity index is 1.69. The Morgan fingerprint density at radius 3 is 2.50 bits per heavy atom. The molecule has 0 atom stereocenters. The first kappa shape index (κ1) is 19.7. The van der Waals surface area contributed by atoms with Gasteiger partial charge in [-0.2, -0.15) is 4.98 Å². The molecule has 1 N–H and O–H groups in total. The molecule has 0 radical (unpaired) electrons. The number of aliphatic hydroxyl groups excluding tert-OH is 1. The first-order chi connectivity index (χ1) is 14.5. The van der Waals surface area contributed by atoms with Crippen LogP contribution in [0.25, 0.3) is 34.0 Å². The Bertz CT molecular complexity index is 1250. The number of aliphatic hydroxyl groups is 1. The van der Waals surface area contributed by atoms with Crippen molar-refractivity contribution in [1.29, 1.82) is 0 Å². The summed E-state index contributed by atoms with van der Waals surface area (Å²) in [5.41, 5.74) is 4.89. The van der Waals surface area contributed by atoms with E-state index in [1.165, 1.54) is 19.1 Å². The van der Waals surface area contributed by atoms with E-state index in [1.54, 1.807) is 12.1 Å². The largest absolute Gasteiger partial charge is 0.392 e. The van der Waals surface area contributed by atoms with E-state index in [9.17, 15) is 14.3 Å². The van der Waals surface area contributed by atoms with Gasteiger partial charge < -0.3 is 9.63 Å². The van der Waals surface area contributed by atoms with E-state index < -0.39 is 5.82 Å². The molecule has 150 valence electrons. The van der Waals surface area contributed by atoms with Crippen LogP contribution in [0.3, 0.4) is 0 Å². The lowest BCUT2D eigenvalue weighted by atomic mass is 9.95. The summed E-state index contributed by atoms with van der Waals surface area (Å²) in [7, 11) is 0. The van der Waals surface area contributed by atoms with E-state index in [2.05, 4.69) is 10.1 Å². The zero-order valence-corrected chi connectivity index (χ0v) is 16.5. The molecule has 5 nitrogen and oxygen atoms in total. The molecule has 0 saturated carbocycles. The predicted molar refractivity (Wildman–Crippen MR) is 111 cm³/mol. The molecular weight excluding hydrogens is 383 g/mol. The van der Waals surface area contributed by atoms with Crippen LogP contribution in [0.1, 0.15) is 28.4 Å². The van der Waals surface area contributed by atoms with Crippen molar-refractivity contribution in [2.75, 3.05) is 0 Å². The number of benzene rings is 3. The van der Waals surface area contributed by atoms with Gasteiger partial charge in [-0.15, -0.1) is 0 Å². The monoisotopic (exact) mass is 402 g/mol. The number of carbonyl (C=O) groups excluding carboxylic acids is 1. The Morgan fingerprint density at radius 1 is 1.03 bits per heavy atom. The molecule has 0 saturated heterocycles. The molecule has 4 rings (SSSR count). The maximum atomic E-state index is 14.1. The Morgan fingerprint density at radius 2 is 1.80 bits per heavy atom. The number of aromatic nitrogens is 2. The fraction of sp³-hybridized carbons (Fsp3) is 0.125. The van der Waals surface area contributed by atoms with Crippen molar-refractivity contribution in [1.82, 2.24) is 10.1 Å². The molecule has 0 unspecified atom stereocenters. The average Bonchev–Trinajstić information content (AvgIpc) is 3.24. The third kappa shape index (κ3) is 3.65. The Labute approximate surface area is 172 Å². The van der Waals surface area contributed by atoms with Gasteiger partial charge in [0.25, 0.3) is 5.89 Å². The highest BCUT2D eigenvalue weighted by molar-refractivity contribution is 5.94. The number of rotatable bonds is 5. The zero-order valence-electron chi connectivity index (χ0n) is 16.5. The zero-order chi connectivity index (χ0) is 21.3. The number of ketones is 1. The lowest BCUT2D eigenvalue weighted by Gasteiger charge is -2.11. The van der Waals surface area contributed by atoms with Crippen LogP contribution in [0.15, 0.2) is 65.2 Å². The second-order valence-electron chi connectivity index (χ2n) is 7.02. The van der Waals surface area contributed by atoms with Gasteiger partial charge in [-0.25, -0.2) is 4.39 Å². The highest BCUT2D eigenvalue weighted by Crippen LogP contribution is 2.31. The van der Waals surface area contributed by atoms with Gasteiger partial charge in [0, 0.05) is 11.1 Å². The van der Waals surface area contributed by atoms with Crippen molar-refractivity contribution in [2.45, 2.75) is 20.5 Å². The molecule has 0 spiro atoms. The second-order valence-corrected chi connectivity index (χ2v) is 7.02. The van der Waals surface area contributed by atoms with Crippen LogP contribution >= 0.6 is 0 Å². The standard InChI is InChI=1S/C24H19FN2O3/c1-14-5-3-4-6-19(14)21-10-8-17(11-18(21)13-28)24-26-23(27-30-24)16-7-9-20(15(2)29)22(25)12-16/h3-12,28H,13H2,1-2H3. The van der Waals surface area contributed by atoms with Crippen LogP contribution in [-0.4, -0.2) is 21.0 Å². The van der Waals surface area contributed by atoms with Crippen LogP contribution in [0.2, 0.25) is 0 Å². The number of aryl methyl sites for hydroxylation is 1. The minimum atomic E-state index is -0.628. The van der Waals surface area contributed by atoms with Crippen molar-refractivity contribution in [3.8, 4) is 34.0 Å². The average molecular weight is 402 g/mol. The van der Waals surface area contributed by atoms with Crippen LogP contribution in [0.5, 0.6) is 0 Å². The molecule has 1 heterocycles. The van der Waals surface area contributed by atoms with Gasteiger partial charge in [0.05, 0.1) is 12.2 Å². The van der Waals surface area contributed by atoms with Crippen molar-refractivity contribution in [2.24, 2.45) is 0 Å². The summed E-state index contributed by atoms with van der Waals surface area (Å²) in [5, 5.41) is 13.8. The predicted octanol–water partition coefficient (Wildman–Crippen LogP) is 5.21. The molecule has 0 bridgehead atoms. The van der Waals surface area contributed by atoms with Gasteiger partial charge in [0.1, 0.15) is 5.82 Å². The van der Waals surface area contributed by atoms with Gasteiger partial charge in [0.15, 0.2) is 5.78 Å². The summed E-state index contributed by atoms with van der Waals surface area (Å²) in [6.45, 7) is 3.19. The fourth-order valence-corrected chi connectivity index (χ4v) is 3.39. The summed E-state index contributed by atoms with van der Waals surface area (Å²) in [4.78, 5) is 15.8. The SMILES string of the molecule is CC(=O)c1ccc(-c2noc(-c3ccc(-c4ccccc4C)c(CO)c3)n2)cc1F. The second kappa shape index (κ2) is 8.00. The normalized spacial score (nSPS) is 10.9. The molecule has 0 aliphatic rings. The lowest BCUT2D eigenvalue weighted by molar-refractivity contribution is 0.101. The van der Waals surface area contributed by atoms with Crippen molar-refractivity contribution < 1.29 is 18.8 Å². The number of hydrogen-bond donors (Lipinski definition) is 1. The van der Waals surface area contributed by atoms with E-state index >= 15 is 0 Å². The van der Waals surface area contributed by atoms with Crippen molar-refractivity contribution in [3.63, 3.8) is 0 Å². The number of carbonyl (C=O) groups is 1. The molecule has 0 fully saturated rings. The summed E-state index contributed by atoms with van der Waals surface area (Å²) in [6.07, 6.45) is 0.